The van der Waals surface area contributed by atoms with Crippen LogP contribution in [-0.2, 0) is 6.61 Å². The lowest BCUT2D eigenvalue weighted by Gasteiger charge is -2.21. The molecule has 2 aromatic heterocycles. The maximum atomic E-state index is 6.10. The zero-order valence-corrected chi connectivity index (χ0v) is 16.8. The number of aromatic nitrogens is 2. The van der Waals surface area contributed by atoms with Gasteiger partial charge in [-0.3, -0.25) is 4.57 Å². The van der Waals surface area contributed by atoms with E-state index in [4.69, 9.17) is 9.72 Å². The van der Waals surface area contributed by atoms with E-state index in [0.29, 0.717) is 6.61 Å². The number of para-hydroxylation sites is 2. The summed E-state index contributed by atoms with van der Waals surface area (Å²) in [7, 11) is 0. The van der Waals surface area contributed by atoms with Gasteiger partial charge >= 0.3 is 0 Å². The lowest BCUT2D eigenvalue weighted by Crippen LogP contribution is -2.13. The fraction of sp³-hybridized carbons (Fsp3) is 0.0385. The molecule has 4 heteroatoms. The molecule has 0 saturated heterocycles. The van der Waals surface area contributed by atoms with Crippen molar-refractivity contribution in [2.45, 2.75) is 6.61 Å². The molecule has 30 heavy (non-hydrogen) atoms. The number of hydrogen-bond acceptors (Lipinski definition) is 3. The molecule has 0 N–H and O–H groups in total. The summed E-state index contributed by atoms with van der Waals surface area (Å²) in [5.74, 6) is 1.85. The van der Waals surface area contributed by atoms with E-state index in [0.717, 1.165) is 28.3 Å². The zero-order valence-electron chi connectivity index (χ0n) is 16.0. The predicted octanol–water partition coefficient (Wildman–Crippen LogP) is 6.95. The molecule has 0 fully saturated rings. The van der Waals surface area contributed by atoms with Gasteiger partial charge in [-0.1, -0.05) is 42.5 Å². The minimum Gasteiger partial charge on any atom is -0.483 e. The first-order chi connectivity index (χ1) is 14.8. The van der Waals surface area contributed by atoms with Gasteiger partial charge in [0.25, 0.3) is 0 Å². The summed E-state index contributed by atoms with van der Waals surface area (Å²) in [4.78, 5) is 4.73. The van der Waals surface area contributed by atoms with E-state index < -0.39 is 0 Å². The third-order valence-corrected chi connectivity index (χ3v) is 7.05. The van der Waals surface area contributed by atoms with Gasteiger partial charge in [0.15, 0.2) is 5.82 Å². The second-order valence-corrected chi connectivity index (χ2v) is 8.72. The smallest absolute Gasteiger partial charge is 0.152 e. The number of rotatable bonds is 1. The number of nitrogens with zero attached hydrogens (tertiary/aromatic N) is 2. The zero-order chi connectivity index (χ0) is 19.7. The summed E-state index contributed by atoms with van der Waals surface area (Å²) in [6.45, 7) is 0.485. The molecule has 0 bridgehead atoms. The van der Waals surface area contributed by atoms with E-state index in [1.54, 1.807) is 0 Å². The Labute approximate surface area is 176 Å². The van der Waals surface area contributed by atoms with Crippen molar-refractivity contribution in [1.82, 2.24) is 9.55 Å². The molecule has 4 aromatic carbocycles. The first-order valence-corrected chi connectivity index (χ1v) is 10.8. The van der Waals surface area contributed by atoms with Crippen LogP contribution in [0.4, 0.5) is 0 Å². The quantitative estimate of drug-likeness (QED) is 0.296. The van der Waals surface area contributed by atoms with Crippen molar-refractivity contribution < 1.29 is 4.74 Å². The third kappa shape index (κ3) is 2.22. The number of benzene rings is 4. The Balaban J connectivity index is 1.40. The fourth-order valence-corrected chi connectivity index (χ4v) is 5.57. The molecule has 3 nitrogen and oxygen atoms in total. The highest BCUT2D eigenvalue weighted by atomic mass is 32.1. The van der Waals surface area contributed by atoms with Crippen LogP contribution in [0.15, 0.2) is 84.9 Å². The third-order valence-electron chi connectivity index (χ3n) is 5.90. The Hall–Kier alpha value is -3.63. The van der Waals surface area contributed by atoms with Gasteiger partial charge < -0.3 is 4.74 Å². The van der Waals surface area contributed by atoms with Crippen LogP contribution in [0.25, 0.3) is 48.0 Å². The van der Waals surface area contributed by atoms with Crippen molar-refractivity contribution in [2.24, 2.45) is 0 Å². The molecule has 0 radical (unpaired) electrons. The van der Waals surface area contributed by atoms with Crippen molar-refractivity contribution in [1.29, 1.82) is 0 Å². The van der Waals surface area contributed by atoms with E-state index >= 15 is 0 Å². The highest BCUT2D eigenvalue weighted by Crippen LogP contribution is 2.39. The van der Waals surface area contributed by atoms with E-state index in [1.807, 2.05) is 17.4 Å². The molecule has 7 rings (SSSR count). The van der Waals surface area contributed by atoms with Crippen molar-refractivity contribution in [3.8, 4) is 22.6 Å². The Bertz CT molecular complexity index is 1610. The number of hydrogen-bond donors (Lipinski definition) is 0. The van der Waals surface area contributed by atoms with Gasteiger partial charge in [0.05, 0.1) is 16.7 Å². The summed E-state index contributed by atoms with van der Waals surface area (Å²) < 4.78 is 11.0. The molecule has 0 atom stereocenters. The lowest BCUT2D eigenvalue weighted by molar-refractivity contribution is 0.281. The van der Waals surface area contributed by atoms with Crippen LogP contribution in [0, 0.1) is 0 Å². The van der Waals surface area contributed by atoms with Crippen LogP contribution in [-0.4, -0.2) is 9.55 Å². The first kappa shape index (κ1) is 16.2. The molecule has 1 aliphatic rings. The standard InChI is InChI=1S/C26H16N2OS/c1-4-8-24-18(5-1)19-13-16(10-12-25(19)30-24)17-9-11-22-23(14-17)29-15-26-27-20-6-2-3-7-21(20)28(22)26/h1-14H,15H2. The number of thiophene rings is 1. The van der Waals surface area contributed by atoms with E-state index in [9.17, 15) is 0 Å². The topological polar surface area (TPSA) is 27.1 Å². The molecular formula is C26H16N2OS. The molecule has 0 amide bonds. The van der Waals surface area contributed by atoms with Crippen LogP contribution in [0.2, 0.25) is 0 Å². The summed E-state index contributed by atoms with van der Waals surface area (Å²) >= 11 is 1.85. The van der Waals surface area contributed by atoms with Crippen molar-refractivity contribution >= 4 is 42.5 Å². The van der Waals surface area contributed by atoms with Gasteiger partial charge in [-0.05, 0) is 53.6 Å². The molecule has 1 aliphatic heterocycles. The van der Waals surface area contributed by atoms with Crippen molar-refractivity contribution in [2.75, 3.05) is 0 Å². The Morgan fingerprint density at radius 3 is 2.57 bits per heavy atom. The van der Waals surface area contributed by atoms with Crippen LogP contribution in [0.1, 0.15) is 5.82 Å². The maximum absolute atomic E-state index is 6.10. The van der Waals surface area contributed by atoms with Gasteiger partial charge in [0.1, 0.15) is 12.4 Å². The average Bonchev–Trinajstić information content (AvgIpc) is 3.36. The van der Waals surface area contributed by atoms with Gasteiger partial charge in [0, 0.05) is 20.2 Å². The Morgan fingerprint density at radius 2 is 1.57 bits per heavy atom. The van der Waals surface area contributed by atoms with Gasteiger partial charge in [-0.15, -0.1) is 11.3 Å². The molecule has 0 aliphatic carbocycles. The summed E-state index contributed by atoms with van der Waals surface area (Å²) in [5.41, 5.74) is 5.55. The van der Waals surface area contributed by atoms with Gasteiger partial charge in [-0.25, -0.2) is 4.98 Å². The van der Waals surface area contributed by atoms with Crippen molar-refractivity contribution in [3.05, 3.63) is 90.8 Å². The second kappa shape index (κ2) is 5.94. The van der Waals surface area contributed by atoms with E-state index in [1.165, 1.54) is 31.3 Å². The number of imidazole rings is 1. The van der Waals surface area contributed by atoms with E-state index in [2.05, 4.69) is 83.4 Å². The highest BCUT2D eigenvalue weighted by molar-refractivity contribution is 7.25. The van der Waals surface area contributed by atoms with Crippen LogP contribution in [0.3, 0.4) is 0 Å². The van der Waals surface area contributed by atoms with Crippen LogP contribution in [0.5, 0.6) is 5.75 Å². The summed E-state index contributed by atoms with van der Waals surface area (Å²) in [6, 6.07) is 30.1. The molecule has 0 unspecified atom stereocenters. The van der Waals surface area contributed by atoms with Gasteiger partial charge in [-0.2, -0.15) is 0 Å². The largest absolute Gasteiger partial charge is 0.483 e. The first-order valence-electron chi connectivity index (χ1n) is 10.0. The van der Waals surface area contributed by atoms with Crippen LogP contribution < -0.4 is 4.74 Å². The molecule has 3 heterocycles. The number of fused-ring (bicyclic) bond motifs is 8. The van der Waals surface area contributed by atoms with Crippen LogP contribution >= 0.6 is 11.3 Å². The SMILES string of the molecule is c1ccc2c(c1)nc1n2-c2ccc(-c3ccc4sc5ccccc5c4c3)cc2OC1. The molecule has 0 spiro atoms. The average molecular weight is 404 g/mol. The summed E-state index contributed by atoms with van der Waals surface area (Å²) in [6.07, 6.45) is 0. The highest BCUT2D eigenvalue weighted by Gasteiger charge is 2.21. The molecule has 142 valence electrons. The predicted molar refractivity (Wildman–Crippen MR) is 124 cm³/mol. The minimum absolute atomic E-state index is 0.485. The summed E-state index contributed by atoms with van der Waals surface area (Å²) in [5, 5.41) is 2.64. The minimum atomic E-state index is 0.485. The Kier molecular flexibility index (Phi) is 3.21. The second-order valence-electron chi connectivity index (χ2n) is 7.63. The molecular weight excluding hydrogens is 388 g/mol. The van der Waals surface area contributed by atoms with Gasteiger partial charge in [0.2, 0.25) is 0 Å². The molecule has 0 saturated carbocycles. The maximum Gasteiger partial charge on any atom is 0.152 e. The van der Waals surface area contributed by atoms with E-state index in [-0.39, 0.29) is 0 Å². The Morgan fingerprint density at radius 1 is 0.767 bits per heavy atom. The monoisotopic (exact) mass is 404 g/mol. The molecule has 6 aromatic rings. The normalized spacial score (nSPS) is 12.8. The van der Waals surface area contributed by atoms with Crippen molar-refractivity contribution in [3.63, 3.8) is 0 Å². The number of ether oxygens (including phenoxy) is 1. The lowest BCUT2D eigenvalue weighted by atomic mass is 10.0. The fourth-order valence-electron chi connectivity index (χ4n) is 4.48.